The van der Waals surface area contributed by atoms with Gasteiger partial charge in [0.1, 0.15) is 0 Å². The van der Waals surface area contributed by atoms with Crippen molar-refractivity contribution < 1.29 is 13.2 Å². The highest BCUT2D eigenvalue weighted by atomic mass is 32.2. The Bertz CT molecular complexity index is 869. The van der Waals surface area contributed by atoms with Gasteiger partial charge in [-0.3, -0.25) is 4.79 Å². The summed E-state index contributed by atoms with van der Waals surface area (Å²) < 4.78 is 29.3. The monoisotopic (exact) mass is 418 g/mol. The normalized spacial score (nSPS) is 32.6. The van der Waals surface area contributed by atoms with Crippen LogP contribution in [0.2, 0.25) is 0 Å². The summed E-state index contributed by atoms with van der Waals surface area (Å²) in [6, 6.07) is 7.09. The molecule has 29 heavy (non-hydrogen) atoms. The predicted molar refractivity (Wildman–Crippen MR) is 114 cm³/mol. The molecule has 0 radical (unpaired) electrons. The summed E-state index contributed by atoms with van der Waals surface area (Å²) in [7, 11) is -3.55. The fourth-order valence-corrected chi connectivity index (χ4v) is 7.85. The van der Waals surface area contributed by atoms with E-state index in [1.807, 2.05) is 13.0 Å². The molecule has 2 aliphatic heterocycles. The maximum atomic E-state index is 13.1. The van der Waals surface area contributed by atoms with Crippen LogP contribution in [0.3, 0.4) is 0 Å². The van der Waals surface area contributed by atoms with Crippen LogP contribution in [-0.4, -0.2) is 37.4 Å². The van der Waals surface area contributed by atoms with E-state index >= 15 is 0 Å². The minimum absolute atomic E-state index is 0.0291. The molecule has 0 aromatic heterocycles. The Hall–Kier alpha value is -1.40. The standard InChI is InChI=1S/C23H34N2O3S/c1-3-7-19-20-10-5-11-22(26)25-15-6-13-23(20,25)14-12-21(19)24-29(27,28)18-9-4-8-17(2)16-18/h4,8-9,16,19-21,24H,3,5-7,10-15H2,1-2H3/t19-,20+,21+,23-/m1/s1. The molecule has 1 aromatic carbocycles. The van der Waals surface area contributed by atoms with Gasteiger partial charge in [-0.1, -0.05) is 25.5 Å². The summed E-state index contributed by atoms with van der Waals surface area (Å²) >= 11 is 0. The Labute approximate surface area is 175 Å². The molecule has 6 heteroatoms. The van der Waals surface area contributed by atoms with Crippen LogP contribution < -0.4 is 4.72 Å². The van der Waals surface area contributed by atoms with Gasteiger partial charge in [-0.15, -0.1) is 0 Å². The molecule has 2 saturated heterocycles. The van der Waals surface area contributed by atoms with E-state index in [0.717, 1.165) is 63.5 Å². The van der Waals surface area contributed by atoms with Crippen LogP contribution in [-0.2, 0) is 14.8 Å². The molecule has 5 nitrogen and oxygen atoms in total. The molecule has 1 aliphatic carbocycles. The number of aryl methyl sites for hydroxylation is 1. The first-order valence-corrected chi connectivity index (χ1v) is 12.8. The van der Waals surface area contributed by atoms with Crippen LogP contribution in [0.5, 0.6) is 0 Å². The lowest BCUT2D eigenvalue weighted by atomic mass is 9.61. The van der Waals surface area contributed by atoms with Crippen molar-refractivity contribution in [1.29, 1.82) is 0 Å². The molecule has 1 spiro atoms. The maximum Gasteiger partial charge on any atom is 0.240 e. The number of benzene rings is 1. The van der Waals surface area contributed by atoms with Gasteiger partial charge in [0, 0.05) is 24.5 Å². The highest BCUT2D eigenvalue weighted by Gasteiger charge is 2.56. The smallest absolute Gasteiger partial charge is 0.240 e. The minimum atomic E-state index is -3.55. The van der Waals surface area contributed by atoms with Crippen LogP contribution in [0, 0.1) is 18.8 Å². The summed E-state index contributed by atoms with van der Waals surface area (Å²) in [4.78, 5) is 15.3. The first-order chi connectivity index (χ1) is 13.9. The maximum absolute atomic E-state index is 13.1. The van der Waals surface area contributed by atoms with E-state index in [-0.39, 0.29) is 11.6 Å². The number of carbonyl (C=O) groups is 1. The SMILES string of the molecule is CCC[C@H]1[C@@H](NS(=O)(=O)c2cccc(C)c2)CC[C@@]23CCCN2C(=O)CCC[C@@H]13. The average molecular weight is 419 g/mol. The van der Waals surface area contributed by atoms with Gasteiger partial charge < -0.3 is 4.90 Å². The van der Waals surface area contributed by atoms with Gasteiger partial charge >= 0.3 is 0 Å². The third kappa shape index (κ3) is 3.74. The van der Waals surface area contributed by atoms with Gasteiger partial charge in [0.2, 0.25) is 15.9 Å². The Balaban J connectivity index is 1.63. The summed E-state index contributed by atoms with van der Waals surface area (Å²) in [6.07, 6.45) is 8.57. The van der Waals surface area contributed by atoms with Crippen molar-refractivity contribution in [2.24, 2.45) is 11.8 Å². The lowest BCUT2D eigenvalue weighted by Crippen LogP contribution is -2.60. The zero-order valence-electron chi connectivity index (χ0n) is 17.7. The molecule has 0 unspecified atom stereocenters. The molecule has 160 valence electrons. The molecular weight excluding hydrogens is 384 g/mol. The van der Waals surface area contributed by atoms with Crippen molar-refractivity contribution >= 4 is 15.9 Å². The molecule has 4 atom stereocenters. The molecule has 1 saturated carbocycles. The van der Waals surface area contributed by atoms with E-state index in [9.17, 15) is 13.2 Å². The second-order valence-corrected chi connectivity index (χ2v) is 11.0. The third-order valence-corrected chi connectivity index (χ3v) is 9.06. The van der Waals surface area contributed by atoms with E-state index in [1.54, 1.807) is 18.2 Å². The van der Waals surface area contributed by atoms with Gasteiger partial charge in [-0.2, -0.15) is 0 Å². The predicted octanol–water partition coefficient (Wildman–Crippen LogP) is 4.01. The highest BCUT2D eigenvalue weighted by molar-refractivity contribution is 7.89. The van der Waals surface area contributed by atoms with Gasteiger partial charge in [-0.25, -0.2) is 13.1 Å². The van der Waals surface area contributed by atoms with Crippen LogP contribution in [0.25, 0.3) is 0 Å². The van der Waals surface area contributed by atoms with Crippen molar-refractivity contribution in [1.82, 2.24) is 9.62 Å². The van der Waals surface area contributed by atoms with Crippen LogP contribution >= 0.6 is 0 Å². The number of carbonyl (C=O) groups excluding carboxylic acids is 1. The van der Waals surface area contributed by atoms with Crippen molar-refractivity contribution in [3.63, 3.8) is 0 Å². The lowest BCUT2D eigenvalue weighted by Gasteiger charge is -2.53. The second-order valence-electron chi connectivity index (χ2n) is 9.29. The average Bonchev–Trinajstić information content (AvgIpc) is 3.05. The third-order valence-electron chi connectivity index (χ3n) is 7.58. The van der Waals surface area contributed by atoms with E-state index in [1.165, 1.54) is 0 Å². The van der Waals surface area contributed by atoms with E-state index < -0.39 is 10.0 Å². The number of hydrogen-bond donors (Lipinski definition) is 1. The Morgan fingerprint density at radius 2 is 2.03 bits per heavy atom. The second kappa shape index (κ2) is 8.03. The number of hydrogen-bond acceptors (Lipinski definition) is 3. The van der Waals surface area contributed by atoms with Crippen molar-refractivity contribution in [3.8, 4) is 0 Å². The largest absolute Gasteiger partial charge is 0.337 e. The molecule has 4 rings (SSSR count). The summed E-state index contributed by atoms with van der Waals surface area (Å²) in [6.45, 7) is 4.98. The van der Waals surface area contributed by atoms with Crippen molar-refractivity contribution in [2.45, 2.75) is 88.1 Å². The van der Waals surface area contributed by atoms with Gasteiger partial charge in [-0.05, 0) is 81.4 Å². The number of rotatable bonds is 5. The molecule has 3 aliphatic rings. The molecule has 1 N–H and O–H groups in total. The molecule has 3 fully saturated rings. The summed E-state index contributed by atoms with van der Waals surface area (Å²) in [5, 5.41) is 0. The Morgan fingerprint density at radius 3 is 2.79 bits per heavy atom. The number of nitrogens with one attached hydrogen (secondary N) is 1. The minimum Gasteiger partial charge on any atom is -0.337 e. The van der Waals surface area contributed by atoms with Crippen molar-refractivity contribution in [2.75, 3.05) is 6.54 Å². The Kier molecular flexibility index (Phi) is 5.77. The number of amides is 1. The zero-order chi connectivity index (χ0) is 20.6. The van der Waals surface area contributed by atoms with Gasteiger partial charge in [0.15, 0.2) is 0 Å². The van der Waals surface area contributed by atoms with Gasteiger partial charge in [0.25, 0.3) is 0 Å². The first kappa shape index (κ1) is 20.9. The molecule has 1 amide bonds. The van der Waals surface area contributed by atoms with E-state index in [4.69, 9.17) is 0 Å². The Morgan fingerprint density at radius 1 is 1.21 bits per heavy atom. The van der Waals surface area contributed by atoms with Crippen LogP contribution in [0.1, 0.15) is 70.3 Å². The quantitative estimate of drug-likeness (QED) is 0.786. The fraction of sp³-hybridized carbons (Fsp3) is 0.696. The summed E-state index contributed by atoms with van der Waals surface area (Å²) in [5.41, 5.74) is 0.920. The fourth-order valence-electron chi connectivity index (χ4n) is 6.43. The van der Waals surface area contributed by atoms with E-state index in [2.05, 4.69) is 16.5 Å². The number of nitrogens with zero attached hydrogens (tertiary/aromatic N) is 1. The first-order valence-electron chi connectivity index (χ1n) is 11.3. The van der Waals surface area contributed by atoms with E-state index in [0.29, 0.717) is 29.1 Å². The van der Waals surface area contributed by atoms with Crippen LogP contribution in [0.15, 0.2) is 29.2 Å². The lowest BCUT2D eigenvalue weighted by molar-refractivity contribution is -0.138. The van der Waals surface area contributed by atoms with Gasteiger partial charge in [0.05, 0.1) is 4.90 Å². The highest BCUT2D eigenvalue weighted by Crippen LogP contribution is 2.52. The molecular formula is C23H34N2O3S. The molecule has 1 aromatic rings. The zero-order valence-corrected chi connectivity index (χ0v) is 18.5. The topological polar surface area (TPSA) is 66.5 Å². The summed E-state index contributed by atoms with van der Waals surface area (Å²) in [5.74, 6) is 1.01. The van der Waals surface area contributed by atoms with Crippen LogP contribution in [0.4, 0.5) is 0 Å². The number of sulfonamides is 1. The molecule has 2 heterocycles. The molecule has 0 bridgehead atoms. The van der Waals surface area contributed by atoms with Crippen molar-refractivity contribution in [3.05, 3.63) is 29.8 Å².